The molecule has 18 heavy (non-hydrogen) atoms. The zero-order valence-electron chi connectivity index (χ0n) is 10.9. The summed E-state index contributed by atoms with van der Waals surface area (Å²) in [6, 6.07) is 5.89. The smallest absolute Gasteiger partial charge is 0.222 e. The summed E-state index contributed by atoms with van der Waals surface area (Å²) in [5, 5.41) is 0. The van der Waals surface area contributed by atoms with Gasteiger partial charge in [0.1, 0.15) is 0 Å². The lowest BCUT2D eigenvalue weighted by atomic mass is 10.1. The minimum absolute atomic E-state index is 0.274. The Morgan fingerprint density at radius 1 is 1.22 bits per heavy atom. The molecule has 0 radical (unpaired) electrons. The van der Waals surface area contributed by atoms with E-state index in [0.717, 1.165) is 43.0 Å². The second kappa shape index (κ2) is 5.76. The quantitative estimate of drug-likeness (QED) is 0.799. The molecular formula is C14H19NO3. The van der Waals surface area contributed by atoms with Crippen LogP contribution in [-0.2, 0) is 11.2 Å². The van der Waals surface area contributed by atoms with E-state index in [9.17, 15) is 4.79 Å². The molecule has 1 aliphatic rings. The maximum Gasteiger partial charge on any atom is 0.222 e. The minimum Gasteiger partial charge on any atom is -0.493 e. The molecule has 0 aliphatic carbocycles. The van der Waals surface area contributed by atoms with Gasteiger partial charge in [-0.05, 0) is 30.5 Å². The largest absolute Gasteiger partial charge is 0.493 e. The normalized spacial score (nSPS) is 15.0. The SMILES string of the molecule is COc1ccc(CCN2CCCC2=O)cc1OC. The summed E-state index contributed by atoms with van der Waals surface area (Å²) in [5.74, 6) is 1.75. The fourth-order valence-electron chi connectivity index (χ4n) is 2.24. The number of nitrogens with zero attached hydrogens (tertiary/aromatic N) is 1. The van der Waals surface area contributed by atoms with Crippen LogP contribution in [0.2, 0.25) is 0 Å². The Balaban J connectivity index is 1.99. The Hall–Kier alpha value is -1.71. The minimum atomic E-state index is 0.274. The number of methoxy groups -OCH3 is 2. The summed E-state index contributed by atoms with van der Waals surface area (Å²) in [6.45, 7) is 1.68. The summed E-state index contributed by atoms with van der Waals surface area (Å²) >= 11 is 0. The van der Waals surface area contributed by atoms with Crippen molar-refractivity contribution in [1.29, 1.82) is 0 Å². The molecule has 1 heterocycles. The standard InChI is InChI=1S/C14H19NO3/c1-17-12-6-5-11(10-13(12)18-2)7-9-15-8-3-4-14(15)16/h5-6,10H,3-4,7-9H2,1-2H3. The van der Waals surface area contributed by atoms with E-state index in [-0.39, 0.29) is 5.91 Å². The maximum atomic E-state index is 11.5. The molecule has 0 spiro atoms. The predicted molar refractivity (Wildman–Crippen MR) is 69.1 cm³/mol. The number of carbonyl (C=O) groups excluding carboxylic acids is 1. The first-order valence-corrected chi connectivity index (χ1v) is 6.23. The van der Waals surface area contributed by atoms with E-state index in [2.05, 4.69) is 0 Å². The van der Waals surface area contributed by atoms with Crippen LogP contribution in [0.4, 0.5) is 0 Å². The molecule has 0 aromatic heterocycles. The van der Waals surface area contributed by atoms with E-state index in [4.69, 9.17) is 9.47 Å². The highest BCUT2D eigenvalue weighted by Crippen LogP contribution is 2.27. The lowest BCUT2D eigenvalue weighted by Crippen LogP contribution is -2.26. The Kier molecular flexibility index (Phi) is 4.07. The van der Waals surface area contributed by atoms with Crippen molar-refractivity contribution in [1.82, 2.24) is 4.90 Å². The molecule has 2 rings (SSSR count). The second-order valence-corrected chi connectivity index (χ2v) is 4.42. The van der Waals surface area contributed by atoms with Crippen molar-refractivity contribution in [2.24, 2.45) is 0 Å². The van der Waals surface area contributed by atoms with E-state index >= 15 is 0 Å². The van der Waals surface area contributed by atoms with Gasteiger partial charge < -0.3 is 14.4 Å². The first kappa shape index (κ1) is 12.7. The van der Waals surface area contributed by atoms with Crippen LogP contribution in [0, 0.1) is 0 Å². The van der Waals surface area contributed by atoms with Crippen LogP contribution < -0.4 is 9.47 Å². The Labute approximate surface area is 107 Å². The van der Waals surface area contributed by atoms with Crippen molar-refractivity contribution < 1.29 is 14.3 Å². The molecule has 4 heteroatoms. The summed E-state index contributed by atoms with van der Waals surface area (Å²) in [4.78, 5) is 13.4. The third-order valence-corrected chi connectivity index (χ3v) is 3.29. The first-order valence-electron chi connectivity index (χ1n) is 6.23. The average Bonchev–Trinajstić information content (AvgIpc) is 2.81. The van der Waals surface area contributed by atoms with E-state index in [0.29, 0.717) is 6.42 Å². The van der Waals surface area contributed by atoms with E-state index < -0.39 is 0 Å². The highest BCUT2D eigenvalue weighted by atomic mass is 16.5. The van der Waals surface area contributed by atoms with Gasteiger partial charge in [-0.3, -0.25) is 4.79 Å². The fourth-order valence-corrected chi connectivity index (χ4v) is 2.24. The second-order valence-electron chi connectivity index (χ2n) is 4.42. The Morgan fingerprint density at radius 2 is 2.00 bits per heavy atom. The van der Waals surface area contributed by atoms with Crippen molar-refractivity contribution in [2.75, 3.05) is 27.3 Å². The molecule has 4 nitrogen and oxygen atoms in total. The van der Waals surface area contributed by atoms with Gasteiger partial charge in [-0.25, -0.2) is 0 Å². The van der Waals surface area contributed by atoms with Crippen LogP contribution in [-0.4, -0.2) is 38.1 Å². The van der Waals surface area contributed by atoms with E-state index in [1.807, 2.05) is 23.1 Å². The molecule has 98 valence electrons. The van der Waals surface area contributed by atoms with Gasteiger partial charge >= 0.3 is 0 Å². The van der Waals surface area contributed by atoms with Crippen LogP contribution in [0.5, 0.6) is 11.5 Å². The molecule has 1 fully saturated rings. The van der Waals surface area contributed by atoms with Crippen LogP contribution >= 0.6 is 0 Å². The number of carbonyl (C=O) groups is 1. The monoisotopic (exact) mass is 249 g/mol. The molecule has 0 N–H and O–H groups in total. The van der Waals surface area contributed by atoms with Crippen LogP contribution in [0.25, 0.3) is 0 Å². The zero-order chi connectivity index (χ0) is 13.0. The Bertz CT molecular complexity index is 431. The summed E-state index contributed by atoms with van der Waals surface area (Å²) in [7, 11) is 3.26. The van der Waals surface area contributed by atoms with Crippen molar-refractivity contribution in [3.05, 3.63) is 23.8 Å². The van der Waals surface area contributed by atoms with E-state index in [1.165, 1.54) is 0 Å². The van der Waals surface area contributed by atoms with Crippen LogP contribution in [0.1, 0.15) is 18.4 Å². The lowest BCUT2D eigenvalue weighted by Gasteiger charge is -2.16. The molecule has 0 saturated carbocycles. The summed E-state index contributed by atoms with van der Waals surface area (Å²) < 4.78 is 10.5. The van der Waals surface area contributed by atoms with Gasteiger partial charge in [0.05, 0.1) is 14.2 Å². The van der Waals surface area contributed by atoms with Crippen molar-refractivity contribution in [3.8, 4) is 11.5 Å². The fraction of sp³-hybridized carbons (Fsp3) is 0.500. The van der Waals surface area contributed by atoms with Gasteiger partial charge in [0.25, 0.3) is 0 Å². The zero-order valence-corrected chi connectivity index (χ0v) is 10.9. The van der Waals surface area contributed by atoms with Crippen molar-refractivity contribution in [3.63, 3.8) is 0 Å². The third-order valence-electron chi connectivity index (χ3n) is 3.29. The number of likely N-dealkylation sites (tertiary alicyclic amines) is 1. The number of hydrogen-bond acceptors (Lipinski definition) is 3. The average molecular weight is 249 g/mol. The molecule has 1 saturated heterocycles. The lowest BCUT2D eigenvalue weighted by molar-refractivity contribution is -0.127. The topological polar surface area (TPSA) is 38.8 Å². The van der Waals surface area contributed by atoms with Crippen LogP contribution in [0.3, 0.4) is 0 Å². The van der Waals surface area contributed by atoms with Crippen LogP contribution in [0.15, 0.2) is 18.2 Å². The van der Waals surface area contributed by atoms with Gasteiger partial charge in [-0.1, -0.05) is 6.07 Å². The van der Waals surface area contributed by atoms with Gasteiger partial charge in [0, 0.05) is 19.5 Å². The molecule has 1 aromatic carbocycles. The number of hydrogen-bond donors (Lipinski definition) is 0. The van der Waals surface area contributed by atoms with Gasteiger partial charge in [0.15, 0.2) is 11.5 Å². The highest BCUT2D eigenvalue weighted by molar-refractivity contribution is 5.78. The molecule has 0 unspecified atom stereocenters. The molecular weight excluding hydrogens is 230 g/mol. The Morgan fingerprint density at radius 3 is 2.61 bits per heavy atom. The van der Waals surface area contributed by atoms with Crippen molar-refractivity contribution >= 4 is 5.91 Å². The van der Waals surface area contributed by atoms with Crippen molar-refractivity contribution in [2.45, 2.75) is 19.3 Å². The molecule has 1 aromatic rings. The summed E-state index contributed by atoms with van der Waals surface area (Å²) in [6.07, 6.45) is 2.54. The number of benzene rings is 1. The maximum absolute atomic E-state index is 11.5. The summed E-state index contributed by atoms with van der Waals surface area (Å²) in [5.41, 5.74) is 1.16. The first-order chi connectivity index (χ1) is 8.74. The van der Waals surface area contributed by atoms with Gasteiger partial charge in [-0.2, -0.15) is 0 Å². The highest BCUT2D eigenvalue weighted by Gasteiger charge is 2.19. The number of rotatable bonds is 5. The number of amides is 1. The van der Waals surface area contributed by atoms with E-state index in [1.54, 1.807) is 14.2 Å². The molecule has 0 atom stereocenters. The molecule has 0 bridgehead atoms. The molecule has 1 amide bonds. The molecule has 1 aliphatic heterocycles. The number of ether oxygens (including phenoxy) is 2. The van der Waals surface area contributed by atoms with Gasteiger partial charge in [-0.15, -0.1) is 0 Å². The predicted octanol–water partition coefficient (Wildman–Crippen LogP) is 1.87. The van der Waals surface area contributed by atoms with Gasteiger partial charge in [0.2, 0.25) is 5.91 Å². The third kappa shape index (κ3) is 2.75.